The predicted molar refractivity (Wildman–Crippen MR) is 59.1 cm³/mol. The largest absolute Gasteiger partial charge is 0.508 e. The Morgan fingerprint density at radius 3 is 2.36 bits per heavy atom. The average molecular weight is 186 g/mol. The van der Waals surface area contributed by atoms with Gasteiger partial charge in [-0.05, 0) is 37.6 Å². The Hall–Kier alpha value is -1.68. The average Bonchev–Trinajstić information content (AvgIpc) is 2.16. The quantitative estimate of drug-likeness (QED) is 0.669. The fourth-order valence-corrected chi connectivity index (χ4v) is 1.18. The summed E-state index contributed by atoms with van der Waals surface area (Å²) in [5.41, 5.74) is 0.881. The zero-order valence-corrected chi connectivity index (χ0v) is 8.54. The van der Waals surface area contributed by atoms with Gasteiger partial charge < -0.3 is 5.11 Å². The van der Waals surface area contributed by atoms with Crippen molar-refractivity contribution in [2.75, 3.05) is 0 Å². The summed E-state index contributed by atoms with van der Waals surface area (Å²) in [6.07, 6.45) is 1.59. The van der Waals surface area contributed by atoms with Gasteiger partial charge in [-0.15, -0.1) is 0 Å². The van der Waals surface area contributed by atoms with E-state index in [2.05, 4.69) is 18.4 Å². The second-order valence-corrected chi connectivity index (χ2v) is 3.65. The van der Waals surface area contributed by atoms with Crippen LogP contribution < -0.4 is 0 Å². The van der Waals surface area contributed by atoms with Gasteiger partial charge in [-0.3, -0.25) is 0 Å². The molecule has 0 aliphatic heterocycles. The van der Waals surface area contributed by atoms with Gasteiger partial charge in [-0.2, -0.15) is 0 Å². The van der Waals surface area contributed by atoms with Gasteiger partial charge in [0.2, 0.25) is 0 Å². The molecule has 1 aromatic carbocycles. The van der Waals surface area contributed by atoms with Crippen LogP contribution in [0.2, 0.25) is 0 Å². The van der Waals surface area contributed by atoms with Crippen molar-refractivity contribution < 1.29 is 5.11 Å². The molecule has 14 heavy (non-hydrogen) atoms. The number of allylic oxidation sites excluding steroid dienone is 1. The van der Waals surface area contributed by atoms with Gasteiger partial charge in [0.15, 0.2) is 0 Å². The molecule has 1 aromatic rings. The molecular formula is C13H14O. The van der Waals surface area contributed by atoms with Crippen LogP contribution in [0.4, 0.5) is 0 Å². The smallest absolute Gasteiger partial charge is 0.115 e. The standard InChI is InChI=1S/C13H14O/c1-4-5-10-13(2,3)11-6-8-12(14)9-7-11/h4,6-9,14H,1H2,2-3H3. The van der Waals surface area contributed by atoms with E-state index >= 15 is 0 Å². The number of phenolic OH excluding ortho intramolecular Hbond substituents is 1. The molecule has 0 fully saturated rings. The van der Waals surface area contributed by atoms with Gasteiger partial charge in [0.1, 0.15) is 5.75 Å². The van der Waals surface area contributed by atoms with Gasteiger partial charge in [0.25, 0.3) is 0 Å². The highest BCUT2D eigenvalue weighted by Crippen LogP contribution is 2.23. The Bertz CT molecular complexity index is 374. The van der Waals surface area contributed by atoms with Crippen molar-refractivity contribution in [2.45, 2.75) is 19.3 Å². The second kappa shape index (κ2) is 4.02. The van der Waals surface area contributed by atoms with Crippen molar-refractivity contribution in [3.8, 4) is 17.6 Å². The Labute approximate surface area is 85.1 Å². The van der Waals surface area contributed by atoms with Crippen LogP contribution in [-0.4, -0.2) is 5.11 Å². The van der Waals surface area contributed by atoms with Crippen molar-refractivity contribution in [1.29, 1.82) is 0 Å². The summed E-state index contributed by atoms with van der Waals surface area (Å²) < 4.78 is 0. The predicted octanol–water partition coefficient (Wildman–Crippen LogP) is 2.86. The summed E-state index contributed by atoms with van der Waals surface area (Å²) in [6.45, 7) is 7.63. The number of hydrogen-bond acceptors (Lipinski definition) is 1. The molecule has 0 atom stereocenters. The molecule has 0 aromatic heterocycles. The SMILES string of the molecule is C=CC#CC(C)(C)c1ccc(O)cc1. The van der Waals surface area contributed by atoms with Crippen molar-refractivity contribution in [1.82, 2.24) is 0 Å². The van der Waals surface area contributed by atoms with E-state index in [4.69, 9.17) is 5.11 Å². The topological polar surface area (TPSA) is 20.2 Å². The molecule has 0 aliphatic carbocycles. The van der Waals surface area contributed by atoms with Crippen LogP contribution in [0.15, 0.2) is 36.9 Å². The van der Waals surface area contributed by atoms with Crippen molar-refractivity contribution in [3.05, 3.63) is 42.5 Å². The maximum atomic E-state index is 9.15. The Balaban J connectivity index is 3.03. The van der Waals surface area contributed by atoms with Crippen molar-refractivity contribution in [3.63, 3.8) is 0 Å². The van der Waals surface area contributed by atoms with Crippen LogP contribution in [0, 0.1) is 11.8 Å². The molecule has 0 bridgehead atoms. The van der Waals surface area contributed by atoms with Crippen molar-refractivity contribution >= 4 is 0 Å². The molecule has 1 heteroatoms. The van der Waals surface area contributed by atoms with Gasteiger partial charge in [0.05, 0.1) is 5.41 Å². The van der Waals surface area contributed by atoms with Crippen molar-refractivity contribution in [2.24, 2.45) is 0 Å². The molecule has 0 unspecified atom stereocenters. The first-order valence-electron chi connectivity index (χ1n) is 4.49. The van der Waals surface area contributed by atoms with E-state index in [0.29, 0.717) is 0 Å². The molecule has 0 saturated heterocycles. The first kappa shape index (κ1) is 10.4. The molecule has 0 heterocycles. The maximum absolute atomic E-state index is 9.15. The lowest BCUT2D eigenvalue weighted by Crippen LogP contribution is -2.13. The maximum Gasteiger partial charge on any atom is 0.115 e. The fourth-order valence-electron chi connectivity index (χ4n) is 1.18. The first-order chi connectivity index (χ1) is 6.56. The number of hydrogen-bond donors (Lipinski definition) is 1. The van der Waals surface area contributed by atoms with E-state index in [1.807, 2.05) is 26.0 Å². The summed E-state index contributed by atoms with van der Waals surface area (Å²) >= 11 is 0. The number of benzene rings is 1. The minimum absolute atomic E-state index is 0.206. The van der Waals surface area contributed by atoms with Gasteiger partial charge in [0, 0.05) is 0 Å². The van der Waals surface area contributed by atoms with E-state index in [9.17, 15) is 0 Å². The molecule has 1 N–H and O–H groups in total. The number of phenols is 1. The fraction of sp³-hybridized carbons (Fsp3) is 0.231. The van der Waals surface area contributed by atoms with Gasteiger partial charge >= 0.3 is 0 Å². The zero-order chi connectivity index (χ0) is 10.6. The van der Waals surface area contributed by atoms with E-state index in [-0.39, 0.29) is 11.2 Å². The summed E-state index contributed by atoms with van der Waals surface area (Å²) in [5.74, 6) is 6.23. The molecule has 0 radical (unpaired) electrons. The summed E-state index contributed by atoms with van der Waals surface area (Å²) in [4.78, 5) is 0. The zero-order valence-electron chi connectivity index (χ0n) is 8.54. The van der Waals surface area contributed by atoms with Crippen LogP contribution in [0.5, 0.6) is 5.75 Å². The highest BCUT2D eigenvalue weighted by atomic mass is 16.3. The third-order valence-corrected chi connectivity index (χ3v) is 2.08. The second-order valence-electron chi connectivity index (χ2n) is 3.65. The monoisotopic (exact) mass is 186 g/mol. The first-order valence-corrected chi connectivity index (χ1v) is 4.49. The minimum atomic E-state index is -0.206. The van der Waals surface area contributed by atoms with Crippen LogP contribution in [0.3, 0.4) is 0 Å². The summed E-state index contributed by atoms with van der Waals surface area (Å²) in [7, 11) is 0. The molecule has 72 valence electrons. The summed E-state index contributed by atoms with van der Waals surface area (Å²) in [6, 6.07) is 7.11. The summed E-state index contributed by atoms with van der Waals surface area (Å²) in [5, 5.41) is 9.15. The molecule has 0 aliphatic rings. The lowest BCUT2D eigenvalue weighted by molar-refractivity contribution is 0.474. The van der Waals surface area contributed by atoms with E-state index in [1.54, 1.807) is 18.2 Å². The molecule has 0 saturated carbocycles. The van der Waals surface area contributed by atoms with E-state index in [0.717, 1.165) is 5.56 Å². The van der Waals surface area contributed by atoms with Crippen LogP contribution >= 0.6 is 0 Å². The van der Waals surface area contributed by atoms with Crippen LogP contribution in [0.25, 0.3) is 0 Å². The lowest BCUT2D eigenvalue weighted by atomic mass is 9.85. The van der Waals surface area contributed by atoms with E-state index in [1.165, 1.54) is 0 Å². The molecule has 1 nitrogen and oxygen atoms in total. The Morgan fingerprint density at radius 2 is 1.86 bits per heavy atom. The normalized spacial score (nSPS) is 10.1. The van der Waals surface area contributed by atoms with Gasteiger partial charge in [-0.25, -0.2) is 0 Å². The molecule has 0 spiro atoms. The Kier molecular flexibility index (Phi) is 2.99. The highest BCUT2D eigenvalue weighted by molar-refractivity contribution is 5.37. The third kappa shape index (κ3) is 2.40. The minimum Gasteiger partial charge on any atom is -0.508 e. The number of aromatic hydroxyl groups is 1. The van der Waals surface area contributed by atoms with E-state index < -0.39 is 0 Å². The molecule has 1 rings (SSSR count). The molecule has 0 amide bonds. The third-order valence-electron chi connectivity index (χ3n) is 2.08. The Morgan fingerprint density at radius 1 is 1.29 bits per heavy atom. The highest BCUT2D eigenvalue weighted by Gasteiger charge is 2.16. The van der Waals surface area contributed by atoms with Crippen LogP contribution in [0.1, 0.15) is 19.4 Å². The van der Waals surface area contributed by atoms with Gasteiger partial charge in [-0.1, -0.05) is 30.6 Å². The number of rotatable bonds is 1. The molecular weight excluding hydrogens is 172 g/mol. The lowest BCUT2D eigenvalue weighted by Gasteiger charge is -2.17. The van der Waals surface area contributed by atoms with Crippen LogP contribution in [-0.2, 0) is 5.41 Å².